The van der Waals surface area contributed by atoms with E-state index in [0.29, 0.717) is 0 Å². The molecule has 6 heteroatoms. The molecule has 124 valence electrons. The van der Waals surface area contributed by atoms with E-state index in [1.165, 1.54) is 5.56 Å². The molecule has 25 heavy (non-hydrogen) atoms. The van der Waals surface area contributed by atoms with Crippen LogP contribution in [0.1, 0.15) is 11.3 Å². The minimum atomic E-state index is -0.121. The Labute approximate surface area is 149 Å². The van der Waals surface area contributed by atoms with E-state index in [1.54, 1.807) is 22.3 Å². The lowest BCUT2D eigenvalue weighted by atomic mass is 10.1. The summed E-state index contributed by atoms with van der Waals surface area (Å²) in [4.78, 5) is 21.2. The van der Waals surface area contributed by atoms with Gasteiger partial charge in [0.05, 0.1) is 23.1 Å². The number of hydrogen-bond donors (Lipinski definition) is 1. The Kier molecular flexibility index (Phi) is 4.03. The van der Waals surface area contributed by atoms with Crippen LogP contribution in [0.3, 0.4) is 0 Å². The van der Waals surface area contributed by atoms with Crippen LogP contribution in [0.25, 0.3) is 21.6 Å². The summed E-state index contributed by atoms with van der Waals surface area (Å²) >= 11 is 1.55. The van der Waals surface area contributed by atoms with Crippen LogP contribution in [0.5, 0.6) is 0 Å². The first-order valence-corrected chi connectivity index (χ1v) is 8.80. The third kappa shape index (κ3) is 3.29. The zero-order valence-electron chi connectivity index (χ0n) is 13.6. The number of para-hydroxylation sites is 2. The molecule has 0 fully saturated rings. The molecule has 0 unspecified atom stereocenters. The van der Waals surface area contributed by atoms with Crippen molar-refractivity contribution in [3.8, 4) is 10.6 Å². The normalized spacial score (nSPS) is 10.9. The Morgan fingerprint density at radius 2 is 2.08 bits per heavy atom. The maximum absolute atomic E-state index is 12.3. The van der Waals surface area contributed by atoms with E-state index >= 15 is 0 Å². The van der Waals surface area contributed by atoms with Crippen molar-refractivity contribution in [2.75, 3.05) is 5.43 Å². The van der Waals surface area contributed by atoms with E-state index in [1.807, 2.05) is 41.8 Å². The fourth-order valence-corrected chi connectivity index (χ4v) is 3.50. The second-order valence-corrected chi connectivity index (χ2v) is 6.69. The summed E-state index contributed by atoms with van der Waals surface area (Å²) in [5, 5.41) is 2.86. The quantitative estimate of drug-likeness (QED) is 0.610. The van der Waals surface area contributed by atoms with Crippen LogP contribution < -0.4 is 5.43 Å². The van der Waals surface area contributed by atoms with Crippen LogP contribution in [0.4, 0.5) is 0 Å². The zero-order valence-corrected chi connectivity index (χ0v) is 14.5. The molecule has 2 heterocycles. The fraction of sp³-hybridized carbons (Fsp3) is 0.105. The Morgan fingerprint density at radius 1 is 1.20 bits per heavy atom. The predicted octanol–water partition coefficient (Wildman–Crippen LogP) is 3.78. The highest BCUT2D eigenvalue weighted by atomic mass is 32.1. The molecule has 0 bridgehead atoms. The number of amides is 1. The SMILES string of the molecule is Cc1cccc(-c2nc(CC(=O)Nn3cnc4ccccc43)cs2)c1. The summed E-state index contributed by atoms with van der Waals surface area (Å²) in [6.07, 6.45) is 1.84. The summed E-state index contributed by atoms with van der Waals surface area (Å²) in [6.45, 7) is 2.06. The molecule has 0 spiro atoms. The highest BCUT2D eigenvalue weighted by Gasteiger charge is 2.11. The van der Waals surface area contributed by atoms with E-state index in [2.05, 4.69) is 34.5 Å². The largest absolute Gasteiger partial charge is 0.273 e. The van der Waals surface area contributed by atoms with Gasteiger partial charge in [-0.25, -0.2) is 14.6 Å². The summed E-state index contributed by atoms with van der Waals surface area (Å²) < 4.78 is 1.64. The van der Waals surface area contributed by atoms with Gasteiger partial charge in [0.1, 0.15) is 11.3 Å². The van der Waals surface area contributed by atoms with E-state index in [9.17, 15) is 4.79 Å². The topological polar surface area (TPSA) is 59.8 Å². The number of nitrogens with one attached hydrogen (secondary N) is 1. The van der Waals surface area contributed by atoms with Crippen molar-refractivity contribution in [2.45, 2.75) is 13.3 Å². The monoisotopic (exact) mass is 348 g/mol. The first-order valence-electron chi connectivity index (χ1n) is 7.92. The molecule has 0 saturated carbocycles. The number of imidazole rings is 1. The molecule has 0 radical (unpaired) electrons. The third-order valence-corrected chi connectivity index (χ3v) is 4.80. The number of thiazole rings is 1. The molecule has 2 aromatic heterocycles. The molecule has 1 N–H and O–H groups in total. The van der Waals surface area contributed by atoms with Crippen molar-refractivity contribution < 1.29 is 4.79 Å². The van der Waals surface area contributed by atoms with Crippen molar-refractivity contribution in [2.24, 2.45) is 0 Å². The van der Waals surface area contributed by atoms with Gasteiger partial charge < -0.3 is 0 Å². The number of hydrogen-bond acceptors (Lipinski definition) is 4. The smallest absolute Gasteiger partial charge is 0.244 e. The second kappa shape index (κ2) is 6.49. The first-order chi connectivity index (χ1) is 12.2. The number of benzene rings is 2. The van der Waals surface area contributed by atoms with Crippen molar-refractivity contribution in [1.29, 1.82) is 0 Å². The van der Waals surface area contributed by atoms with E-state index in [-0.39, 0.29) is 12.3 Å². The van der Waals surface area contributed by atoms with Crippen LogP contribution in [-0.2, 0) is 11.2 Å². The third-order valence-electron chi connectivity index (χ3n) is 3.86. The maximum Gasteiger partial charge on any atom is 0.244 e. The van der Waals surface area contributed by atoms with Gasteiger partial charge in [-0.1, -0.05) is 35.9 Å². The fourth-order valence-electron chi connectivity index (χ4n) is 2.69. The Bertz CT molecular complexity index is 1050. The minimum Gasteiger partial charge on any atom is -0.273 e. The number of rotatable bonds is 4. The summed E-state index contributed by atoms with van der Waals surface area (Å²) in [7, 11) is 0. The van der Waals surface area contributed by atoms with Crippen molar-refractivity contribution in [1.82, 2.24) is 14.6 Å². The molecule has 0 saturated heterocycles. The predicted molar refractivity (Wildman–Crippen MR) is 100 cm³/mol. The lowest BCUT2D eigenvalue weighted by Crippen LogP contribution is -2.23. The summed E-state index contributed by atoms with van der Waals surface area (Å²) in [6, 6.07) is 15.9. The molecule has 0 aliphatic rings. The van der Waals surface area contributed by atoms with E-state index in [4.69, 9.17) is 0 Å². The van der Waals surface area contributed by atoms with Crippen LogP contribution in [0, 0.1) is 6.92 Å². The molecule has 0 atom stereocenters. The second-order valence-electron chi connectivity index (χ2n) is 5.83. The van der Waals surface area contributed by atoms with E-state index in [0.717, 1.165) is 27.3 Å². The number of nitrogens with zero attached hydrogens (tertiary/aromatic N) is 3. The van der Waals surface area contributed by atoms with Crippen LogP contribution >= 0.6 is 11.3 Å². The van der Waals surface area contributed by atoms with Gasteiger partial charge in [-0.05, 0) is 25.1 Å². The van der Waals surface area contributed by atoms with Crippen molar-refractivity contribution in [3.63, 3.8) is 0 Å². The van der Waals surface area contributed by atoms with Gasteiger partial charge >= 0.3 is 0 Å². The van der Waals surface area contributed by atoms with Gasteiger partial charge in [-0.15, -0.1) is 11.3 Å². The van der Waals surface area contributed by atoms with Crippen LogP contribution in [0.2, 0.25) is 0 Å². The number of aryl methyl sites for hydroxylation is 1. The number of fused-ring (bicyclic) bond motifs is 1. The van der Waals surface area contributed by atoms with Gasteiger partial charge in [0.15, 0.2) is 0 Å². The average Bonchev–Trinajstić information content (AvgIpc) is 3.23. The van der Waals surface area contributed by atoms with Gasteiger partial charge in [0.2, 0.25) is 5.91 Å². The highest BCUT2D eigenvalue weighted by Crippen LogP contribution is 2.24. The van der Waals surface area contributed by atoms with Gasteiger partial charge in [-0.3, -0.25) is 10.2 Å². The summed E-state index contributed by atoms with van der Waals surface area (Å²) in [5.41, 5.74) is 7.61. The molecular formula is C19H16N4OS. The standard InChI is InChI=1S/C19H16N4OS/c1-13-5-4-6-14(9-13)19-21-15(11-25-19)10-18(24)22-23-12-20-16-7-2-3-8-17(16)23/h2-9,11-12H,10H2,1H3,(H,22,24). The molecule has 0 aliphatic carbocycles. The molecule has 5 nitrogen and oxygen atoms in total. The lowest BCUT2D eigenvalue weighted by molar-refractivity contribution is -0.116. The van der Waals surface area contributed by atoms with Crippen LogP contribution in [0.15, 0.2) is 60.2 Å². The lowest BCUT2D eigenvalue weighted by Gasteiger charge is -2.05. The Morgan fingerprint density at radius 3 is 2.96 bits per heavy atom. The molecule has 4 aromatic rings. The molecular weight excluding hydrogens is 332 g/mol. The minimum absolute atomic E-state index is 0.121. The first kappa shape index (κ1) is 15.5. The summed E-state index contributed by atoms with van der Waals surface area (Å²) in [5.74, 6) is -0.121. The van der Waals surface area contributed by atoms with E-state index < -0.39 is 0 Å². The van der Waals surface area contributed by atoms with Crippen molar-refractivity contribution >= 4 is 28.3 Å². The average molecular weight is 348 g/mol. The van der Waals surface area contributed by atoms with Gasteiger partial charge in [-0.2, -0.15) is 0 Å². The number of carbonyl (C=O) groups is 1. The Balaban J connectivity index is 1.48. The molecule has 4 rings (SSSR count). The molecule has 0 aliphatic heterocycles. The number of aromatic nitrogens is 3. The van der Waals surface area contributed by atoms with Crippen molar-refractivity contribution in [3.05, 3.63) is 71.5 Å². The Hall–Kier alpha value is -2.99. The molecule has 1 amide bonds. The van der Waals surface area contributed by atoms with Crippen LogP contribution in [-0.4, -0.2) is 20.6 Å². The maximum atomic E-state index is 12.3. The number of carbonyl (C=O) groups excluding carboxylic acids is 1. The zero-order chi connectivity index (χ0) is 17.2. The van der Waals surface area contributed by atoms with Gasteiger partial charge in [0.25, 0.3) is 0 Å². The molecule has 2 aromatic carbocycles. The highest BCUT2D eigenvalue weighted by molar-refractivity contribution is 7.13. The van der Waals surface area contributed by atoms with Gasteiger partial charge in [0, 0.05) is 10.9 Å².